The van der Waals surface area contributed by atoms with Crippen LogP contribution in [-0.2, 0) is 17.4 Å². The number of hydrogen-bond acceptors (Lipinski definition) is 5. The molecule has 8 nitrogen and oxygen atoms in total. The Morgan fingerprint density at radius 3 is 2.49 bits per heavy atom. The molecule has 0 aliphatic carbocycles. The molecule has 1 N–H and O–H groups in total. The van der Waals surface area contributed by atoms with Crippen molar-refractivity contribution in [3.63, 3.8) is 0 Å². The standard InChI is InChI=1S/C28H20Cl3N7O/c1-37-16-32-15-25(37)28(33-27(39)14-29,18-5-8-20(30)9-6-18)19-7-10-24-23(12-19)22(13-26-34-35-36-38(24)26)17-3-2-4-21(31)11-17/h2-13,15-16H,14H2,1H3,(H,33,39). The molecule has 11 heteroatoms. The van der Waals surface area contributed by atoms with Gasteiger partial charge in [-0.3, -0.25) is 4.79 Å². The second kappa shape index (κ2) is 9.96. The number of alkyl halides is 1. The van der Waals surface area contributed by atoms with Crippen LogP contribution in [-0.4, -0.2) is 41.4 Å². The van der Waals surface area contributed by atoms with Gasteiger partial charge < -0.3 is 9.88 Å². The lowest BCUT2D eigenvalue weighted by molar-refractivity contribution is -0.119. The van der Waals surface area contributed by atoms with Crippen molar-refractivity contribution in [1.29, 1.82) is 0 Å². The highest BCUT2D eigenvalue weighted by Crippen LogP contribution is 2.40. The summed E-state index contributed by atoms with van der Waals surface area (Å²) in [5.74, 6) is -0.571. The number of rotatable bonds is 6. The van der Waals surface area contributed by atoms with Crippen LogP contribution in [0.4, 0.5) is 0 Å². The van der Waals surface area contributed by atoms with E-state index < -0.39 is 5.54 Å². The van der Waals surface area contributed by atoms with Gasteiger partial charge in [0.15, 0.2) is 5.65 Å². The van der Waals surface area contributed by atoms with Gasteiger partial charge in [0.05, 0.1) is 23.7 Å². The molecule has 1 unspecified atom stereocenters. The number of carbonyl (C=O) groups excluding carboxylic acids is 1. The van der Waals surface area contributed by atoms with E-state index in [1.165, 1.54) is 0 Å². The van der Waals surface area contributed by atoms with E-state index in [2.05, 4.69) is 25.8 Å². The molecule has 0 aliphatic rings. The Hall–Kier alpha value is -3.98. The second-order valence-corrected chi connectivity index (χ2v) is 10.2. The van der Waals surface area contributed by atoms with E-state index >= 15 is 0 Å². The quantitative estimate of drug-likeness (QED) is 0.260. The maximum Gasteiger partial charge on any atom is 0.236 e. The molecule has 6 aromatic rings. The van der Waals surface area contributed by atoms with Gasteiger partial charge in [-0.1, -0.05) is 53.5 Å². The molecule has 39 heavy (non-hydrogen) atoms. The van der Waals surface area contributed by atoms with Crippen LogP contribution in [0.15, 0.2) is 85.3 Å². The summed E-state index contributed by atoms with van der Waals surface area (Å²) in [5, 5.41) is 17.5. The van der Waals surface area contributed by atoms with Gasteiger partial charge in [-0.05, 0) is 75.1 Å². The van der Waals surface area contributed by atoms with Crippen molar-refractivity contribution in [3.8, 4) is 11.1 Å². The maximum atomic E-state index is 13.0. The lowest BCUT2D eigenvalue weighted by atomic mass is 9.79. The van der Waals surface area contributed by atoms with Gasteiger partial charge in [0.1, 0.15) is 11.4 Å². The summed E-state index contributed by atoms with van der Waals surface area (Å²) in [7, 11) is 1.88. The van der Waals surface area contributed by atoms with Gasteiger partial charge in [-0.2, -0.15) is 4.52 Å². The predicted octanol–water partition coefficient (Wildman–Crippen LogP) is 5.63. The van der Waals surface area contributed by atoms with Gasteiger partial charge in [-0.15, -0.1) is 16.7 Å². The fraction of sp³-hybridized carbons (Fsp3) is 0.107. The van der Waals surface area contributed by atoms with Gasteiger partial charge in [0.2, 0.25) is 5.91 Å². The number of halogens is 3. The zero-order chi connectivity index (χ0) is 27.1. The minimum Gasteiger partial charge on any atom is -0.336 e. The van der Waals surface area contributed by atoms with Gasteiger partial charge >= 0.3 is 0 Å². The molecule has 194 valence electrons. The molecule has 3 heterocycles. The number of imidazole rings is 1. The van der Waals surface area contributed by atoms with E-state index in [1.54, 1.807) is 29.2 Å². The van der Waals surface area contributed by atoms with Crippen LogP contribution in [0.2, 0.25) is 10.0 Å². The third-order valence-electron chi connectivity index (χ3n) is 6.78. The number of pyridine rings is 1. The molecule has 0 fully saturated rings. The molecule has 1 atom stereocenters. The third-order valence-corrected chi connectivity index (χ3v) is 7.51. The first-order chi connectivity index (χ1) is 18.9. The van der Waals surface area contributed by atoms with Crippen LogP contribution in [0.25, 0.3) is 27.7 Å². The van der Waals surface area contributed by atoms with Crippen molar-refractivity contribution in [2.45, 2.75) is 5.54 Å². The number of fused-ring (bicyclic) bond motifs is 3. The topological polar surface area (TPSA) is 90.0 Å². The summed E-state index contributed by atoms with van der Waals surface area (Å²) in [6.45, 7) is 0. The van der Waals surface area contributed by atoms with Crippen LogP contribution in [0.5, 0.6) is 0 Å². The number of aromatic nitrogens is 6. The molecule has 3 aromatic carbocycles. The fourth-order valence-corrected chi connectivity index (χ4v) is 5.44. The molecule has 0 radical (unpaired) electrons. The Balaban J connectivity index is 1.72. The number of nitrogens with zero attached hydrogens (tertiary/aromatic N) is 6. The molecule has 0 spiro atoms. The zero-order valence-corrected chi connectivity index (χ0v) is 22.8. The summed E-state index contributed by atoms with van der Waals surface area (Å²) < 4.78 is 3.55. The van der Waals surface area contributed by atoms with Crippen molar-refractivity contribution in [2.24, 2.45) is 7.05 Å². The van der Waals surface area contributed by atoms with E-state index in [0.29, 0.717) is 15.7 Å². The Bertz CT molecular complexity index is 1850. The van der Waals surface area contributed by atoms with Crippen LogP contribution in [0, 0.1) is 0 Å². The molecule has 6 rings (SSSR count). The first-order valence-corrected chi connectivity index (χ1v) is 13.2. The maximum absolute atomic E-state index is 13.0. The minimum atomic E-state index is -1.16. The Morgan fingerprint density at radius 2 is 1.77 bits per heavy atom. The lowest BCUT2D eigenvalue weighted by Gasteiger charge is -2.36. The van der Waals surface area contributed by atoms with Crippen molar-refractivity contribution < 1.29 is 4.79 Å². The van der Waals surface area contributed by atoms with Crippen LogP contribution >= 0.6 is 34.8 Å². The number of benzene rings is 3. The predicted molar refractivity (Wildman–Crippen MR) is 152 cm³/mol. The van der Waals surface area contributed by atoms with E-state index in [4.69, 9.17) is 34.8 Å². The average Bonchev–Trinajstić information content (AvgIpc) is 3.60. The molecule has 0 saturated carbocycles. The molecule has 1 amide bonds. The first-order valence-electron chi connectivity index (χ1n) is 11.9. The van der Waals surface area contributed by atoms with Gasteiger partial charge in [0, 0.05) is 22.5 Å². The van der Waals surface area contributed by atoms with E-state index in [1.807, 2.05) is 72.3 Å². The number of tetrazole rings is 1. The summed E-state index contributed by atoms with van der Waals surface area (Å²) in [6.07, 6.45) is 3.42. The van der Waals surface area contributed by atoms with Crippen molar-refractivity contribution in [3.05, 3.63) is 112 Å². The summed E-state index contributed by atoms with van der Waals surface area (Å²) in [6, 6.07) is 22.8. The molecule has 0 aliphatic heterocycles. The van der Waals surface area contributed by atoms with Gasteiger partial charge in [0.25, 0.3) is 0 Å². The van der Waals surface area contributed by atoms with E-state index in [9.17, 15) is 4.79 Å². The molecule has 0 saturated heterocycles. The zero-order valence-electron chi connectivity index (χ0n) is 20.5. The normalized spacial score (nSPS) is 13.0. The Labute approximate surface area is 238 Å². The summed E-state index contributed by atoms with van der Waals surface area (Å²) in [4.78, 5) is 17.4. The summed E-state index contributed by atoms with van der Waals surface area (Å²) in [5.41, 5.74) is 4.29. The smallest absolute Gasteiger partial charge is 0.236 e. The molecule has 3 aromatic heterocycles. The highest BCUT2D eigenvalue weighted by molar-refractivity contribution is 6.31. The number of nitrogens with one attached hydrogen (secondary N) is 1. The van der Waals surface area contributed by atoms with Crippen molar-refractivity contribution >= 4 is 57.3 Å². The Morgan fingerprint density at radius 1 is 0.974 bits per heavy atom. The number of amides is 1. The molecule has 0 bridgehead atoms. The summed E-state index contributed by atoms with van der Waals surface area (Å²) >= 11 is 18.7. The monoisotopic (exact) mass is 575 g/mol. The van der Waals surface area contributed by atoms with Gasteiger partial charge in [-0.25, -0.2) is 4.98 Å². The highest BCUT2D eigenvalue weighted by Gasteiger charge is 2.40. The minimum absolute atomic E-state index is 0.222. The molecular weight excluding hydrogens is 557 g/mol. The lowest BCUT2D eigenvalue weighted by Crippen LogP contribution is -2.49. The number of aryl methyl sites for hydroxylation is 1. The second-order valence-electron chi connectivity index (χ2n) is 9.08. The van der Waals surface area contributed by atoms with Crippen LogP contribution in [0.3, 0.4) is 0 Å². The molecular formula is C28H20Cl3N7O. The third kappa shape index (κ3) is 4.30. The number of carbonyl (C=O) groups is 1. The van der Waals surface area contributed by atoms with E-state index in [-0.39, 0.29) is 11.8 Å². The van der Waals surface area contributed by atoms with E-state index in [0.717, 1.165) is 38.9 Å². The highest BCUT2D eigenvalue weighted by atomic mass is 35.5. The average molecular weight is 577 g/mol. The number of hydrogen-bond donors (Lipinski definition) is 1. The van der Waals surface area contributed by atoms with Crippen LogP contribution < -0.4 is 5.32 Å². The fourth-order valence-electron chi connectivity index (χ4n) is 5.06. The first kappa shape index (κ1) is 25.3. The largest absolute Gasteiger partial charge is 0.336 e. The van der Waals surface area contributed by atoms with Crippen LogP contribution in [0.1, 0.15) is 16.8 Å². The Kier molecular flexibility index (Phi) is 6.46. The van der Waals surface area contributed by atoms with Crippen molar-refractivity contribution in [1.82, 2.24) is 34.9 Å². The van der Waals surface area contributed by atoms with Crippen molar-refractivity contribution in [2.75, 3.05) is 5.88 Å². The SMILES string of the molecule is Cn1cncc1C(NC(=O)CCl)(c1ccc(Cl)cc1)c1ccc2c(c1)c(-c1cccc(Cl)c1)cc1nnnn12.